The van der Waals surface area contributed by atoms with Gasteiger partial charge in [-0.15, -0.1) is 11.3 Å². The average Bonchev–Trinajstić information content (AvgIpc) is 2.75. The quantitative estimate of drug-likeness (QED) is 0.802. The lowest BCUT2D eigenvalue weighted by Crippen LogP contribution is -2.26. The van der Waals surface area contributed by atoms with Crippen LogP contribution in [0.3, 0.4) is 0 Å². The molecule has 0 aliphatic rings. The molecule has 0 N–H and O–H groups in total. The summed E-state index contributed by atoms with van der Waals surface area (Å²) in [7, 11) is -2.12. The van der Waals surface area contributed by atoms with E-state index in [-0.39, 0.29) is 16.7 Å². The van der Waals surface area contributed by atoms with Crippen LogP contribution >= 0.6 is 22.9 Å². The summed E-state index contributed by atoms with van der Waals surface area (Å²) >= 11 is 7.00. The van der Waals surface area contributed by atoms with E-state index in [2.05, 4.69) is 15.0 Å². The van der Waals surface area contributed by atoms with Gasteiger partial charge in [0, 0.05) is 24.7 Å². The molecule has 9 heteroatoms. The number of sulfonamides is 1. The molecule has 2 rings (SSSR count). The smallest absolute Gasteiger partial charge is 0.246 e. The second kappa shape index (κ2) is 5.49. The van der Waals surface area contributed by atoms with Gasteiger partial charge in [0.25, 0.3) is 0 Å². The van der Waals surface area contributed by atoms with E-state index in [0.717, 1.165) is 9.88 Å². The monoisotopic (exact) mass is 318 g/mol. The molecule has 0 radical (unpaired) electrons. The lowest BCUT2D eigenvalue weighted by Gasteiger charge is -2.15. The third-order valence-electron chi connectivity index (χ3n) is 2.35. The third kappa shape index (κ3) is 3.27. The van der Waals surface area contributed by atoms with Gasteiger partial charge in [0.15, 0.2) is 0 Å². The van der Waals surface area contributed by atoms with E-state index in [0.29, 0.717) is 0 Å². The van der Waals surface area contributed by atoms with E-state index in [1.165, 1.54) is 35.1 Å². The summed E-state index contributed by atoms with van der Waals surface area (Å²) in [4.78, 5) is 12.3. The van der Waals surface area contributed by atoms with Crippen LogP contribution in [0.15, 0.2) is 23.5 Å². The summed E-state index contributed by atoms with van der Waals surface area (Å²) in [5, 5.41) is 0.912. The lowest BCUT2D eigenvalue weighted by atomic mass is 10.5. The number of thiazole rings is 1. The van der Waals surface area contributed by atoms with Gasteiger partial charge in [0.1, 0.15) is 4.90 Å². The van der Waals surface area contributed by atoms with Gasteiger partial charge in [0.2, 0.25) is 15.3 Å². The van der Waals surface area contributed by atoms with Crippen molar-refractivity contribution in [2.45, 2.75) is 18.4 Å². The second-order valence-electron chi connectivity index (χ2n) is 3.79. The number of aryl methyl sites for hydroxylation is 1. The lowest BCUT2D eigenvalue weighted by molar-refractivity contribution is 0.469. The molecule has 0 saturated carbocycles. The first-order valence-electron chi connectivity index (χ1n) is 5.25. The van der Waals surface area contributed by atoms with Crippen LogP contribution in [-0.4, -0.2) is 34.7 Å². The van der Waals surface area contributed by atoms with Crippen LogP contribution in [0.2, 0.25) is 5.28 Å². The van der Waals surface area contributed by atoms with Crippen molar-refractivity contribution in [2.75, 3.05) is 7.05 Å². The Hall–Kier alpha value is -1.09. The van der Waals surface area contributed by atoms with E-state index in [1.807, 2.05) is 6.92 Å². The maximum atomic E-state index is 12.2. The number of hydrogen-bond donors (Lipinski definition) is 0. The maximum Gasteiger partial charge on any atom is 0.246 e. The van der Waals surface area contributed by atoms with E-state index in [1.54, 1.807) is 6.20 Å². The van der Waals surface area contributed by atoms with Crippen molar-refractivity contribution >= 4 is 33.0 Å². The molecule has 2 aromatic heterocycles. The summed E-state index contributed by atoms with van der Waals surface area (Å²) < 4.78 is 25.7. The first kappa shape index (κ1) is 14.3. The number of rotatable bonds is 4. The van der Waals surface area contributed by atoms with Crippen molar-refractivity contribution < 1.29 is 8.42 Å². The zero-order chi connectivity index (χ0) is 14.0. The number of aromatic nitrogens is 3. The summed E-state index contributed by atoms with van der Waals surface area (Å²) in [5.41, 5.74) is 0. The SMILES string of the molecule is Cc1ncc(CN(C)S(=O)(=O)c2cnc(Cl)nc2)s1. The molecule has 0 bridgehead atoms. The van der Waals surface area contributed by atoms with Crippen LogP contribution in [0.1, 0.15) is 9.88 Å². The van der Waals surface area contributed by atoms with E-state index < -0.39 is 10.0 Å². The van der Waals surface area contributed by atoms with Gasteiger partial charge in [-0.05, 0) is 18.5 Å². The number of nitrogens with zero attached hydrogens (tertiary/aromatic N) is 4. The molecule has 0 aliphatic carbocycles. The number of hydrogen-bond acceptors (Lipinski definition) is 6. The van der Waals surface area contributed by atoms with Crippen molar-refractivity contribution in [3.05, 3.63) is 33.8 Å². The van der Waals surface area contributed by atoms with Gasteiger partial charge >= 0.3 is 0 Å². The molecule has 0 aliphatic heterocycles. The Balaban J connectivity index is 2.21. The normalized spacial score (nSPS) is 12.0. The van der Waals surface area contributed by atoms with Crippen LogP contribution in [0.4, 0.5) is 0 Å². The molecular weight excluding hydrogens is 308 g/mol. The van der Waals surface area contributed by atoms with Crippen LogP contribution < -0.4 is 0 Å². The van der Waals surface area contributed by atoms with Crippen molar-refractivity contribution in [3.8, 4) is 0 Å². The van der Waals surface area contributed by atoms with Crippen LogP contribution in [-0.2, 0) is 16.6 Å². The Labute approximate surface area is 120 Å². The second-order valence-corrected chi connectivity index (χ2v) is 7.50. The predicted molar refractivity (Wildman–Crippen MR) is 72.5 cm³/mol. The van der Waals surface area contributed by atoms with Crippen molar-refractivity contribution in [2.24, 2.45) is 0 Å². The first-order valence-corrected chi connectivity index (χ1v) is 7.88. The molecule has 0 amide bonds. The molecule has 19 heavy (non-hydrogen) atoms. The Morgan fingerprint density at radius 1 is 1.26 bits per heavy atom. The van der Waals surface area contributed by atoms with Crippen molar-refractivity contribution in [1.29, 1.82) is 0 Å². The minimum atomic E-state index is -3.62. The topological polar surface area (TPSA) is 76.1 Å². The predicted octanol–water partition coefficient (Wildman–Crippen LogP) is 1.72. The van der Waals surface area contributed by atoms with Gasteiger partial charge in [0.05, 0.1) is 17.4 Å². The van der Waals surface area contributed by atoms with Crippen LogP contribution in [0.25, 0.3) is 0 Å². The fraction of sp³-hybridized carbons (Fsp3) is 0.300. The summed E-state index contributed by atoms with van der Waals surface area (Å²) in [6, 6.07) is 0. The molecule has 0 aromatic carbocycles. The Kier molecular flexibility index (Phi) is 4.14. The van der Waals surface area contributed by atoms with Gasteiger partial charge < -0.3 is 0 Å². The van der Waals surface area contributed by atoms with Gasteiger partial charge in [-0.2, -0.15) is 4.31 Å². The standard InChI is InChI=1S/C10H11ClN4O2S2/c1-7-12-3-8(18-7)6-15(2)19(16,17)9-4-13-10(11)14-5-9/h3-5H,6H2,1-2H3. The highest BCUT2D eigenvalue weighted by Crippen LogP contribution is 2.19. The highest BCUT2D eigenvalue weighted by Gasteiger charge is 2.22. The largest absolute Gasteiger partial charge is 0.250 e. The molecule has 2 heterocycles. The maximum absolute atomic E-state index is 12.2. The summed E-state index contributed by atoms with van der Waals surface area (Å²) in [6.07, 6.45) is 4.06. The molecule has 102 valence electrons. The fourth-order valence-corrected chi connectivity index (χ4v) is 3.46. The molecule has 0 unspecified atom stereocenters. The van der Waals surface area contributed by atoms with Crippen molar-refractivity contribution in [1.82, 2.24) is 19.3 Å². The summed E-state index contributed by atoms with van der Waals surface area (Å²) in [6.45, 7) is 2.13. The first-order chi connectivity index (χ1) is 8.89. The van der Waals surface area contributed by atoms with Crippen molar-refractivity contribution in [3.63, 3.8) is 0 Å². The van der Waals surface area contributed by atoms with Crippen LogP contribution in [0, 0.1) is 6.92 Å². The van der Waals surface area contributed by atoms with E-state index in [9.17, 15) is 8.42 Å². The third-order valence-corrected chi connectivity index (χ3v) is 5.20. The molecule has 0 fully saturated rings. The highest BCUT2D eigenvalue weighted by molar-refractivity contribution is 7.89. The van der Waals surface area contributed by atoms with E-state index in [4.69, 9.17) is 11.6 Å². The zero-order valence-corrected chi connectivity index (χ0v) is 12.6. The van der Waals surface area contributed by atoms with Crippen LogP contribution in [0.5, 0.6) is 0 Å². The zero-order valence-electron chi connectivity index (χ0n) is 10.2. The van der Waals surface area contributed by atoms with Gasteiger partial charge in [-0.3, -0.25) is 0 Å². The molecule has 0 atom stereocenters. The average molecular weight is 319 g/mol. The molecule has 0 spiro atoms. The van der Waals surface area contributed by atoms with E-state index >= 15 is 0 Å². The molecule has 6 nitrogen and oxygen atoms in total. The fourth-order valence-electron chi connectivity index (χ4n) is 1.40. The Morgan fingerprint density at radius 3 is 2.42 bits per heavy atom. The minimum Gasteiger partial charge on any atom is -0.250 e. The minimum absolute atomic E-state index is 0.0136. The highest BCUT2D eigenvalue weighted by atomic mass is 35.5. The molecule has 2 aromatic rings. The van der Waals surface area contributed by atoms with Gasteiger partial charge in [-0.25, -0.2) is 23.4 Å². The number of halogens is 1. The van der Waals surface area contributed by atoms with Gasteiger partial charge in [-0.1, -0.05) is 0 Å². The Morgan fingerprint density at radius 2 is 1.89 bits per heavy atom. The molecule has 0 saturated heterocycles. The summed E-state index contributed by atoms with van der Waals surface area (Å²) in [5.74, 6) is 0. The molecular formula is C10H11ClN4O2S2. The Bertz CT molecular complexity index is 669.